The summed E-state index contributed by atoms with van der Waals surface area (Å²) in [5.74, 6) is -0.901. The Morgan fingerprint density at radius 1 is 0.962 bits per heavy atom. The Morgan fingerprint density at radius 2 is 1.65 bits per heavy atom. The predicted molar refractivity (Wildman–Crippen MR) is 101 cm³/mol. The standard InChI is InChI=1S/C19H16N4O2S/c24-18(11-12-26-15-9-5-2-6-10-15)22-23-19(25)17-13-16(20-21-17)14-7-3-1-4-8-14/h1-13H,(H,20,21)(H,22,24)(H,23,25)/b12-11+. The van der Waals surface area contributed by atoms with Crippen molar-refractivity contribution < 1.29 is 9.59 Å². The Morgan fingerprint density at radius 3 is 2.38 bits per heavy atom. The predicted octanol–water partition coefficient (Wildman–Crippen LogP) is 3.14. The van der Waals surface area contributed by atoms with Crippen LogP contribution < -0.4 is 10.9 Å². The maximum absolute atomic E-state index is 12.1. The van der Waals surface area contributed by atoms with Crippen LogP contribution in [0.3, 0.4) is 0 Å². The third kappa shape index (κ3) is 4.84. The van der Waals surface area contributed by atoms with Crippen molar-refractivity contribution in [1.82, 2.24) is 21.0 Å². The quantitative estimate of drug-likeness (QED) is 0.369. The number of thioether (sulfide) groups is 1. The molecule has 0 atom stereocenters. The Labute approximate surface area is 154 Å². The van der Waals surface area contributed by atoms with Gasteiger partial charge in [-0.3, -0.25) is 25.5 Å². The van der Waals surface area contributed by atoms with Gasteiger partial charge in [-0.05, 0) is 23.6 Å². The van der Waals surface area contributed by atoms with Gasteiger partial charge in [-0.25, -0.2) is 0 Å². The van der Waals surface area contributed by atoms with Crippen molar-refractivity contribution in [3.05, 3.63) is 83.9 Å². The molecule has 130 valence electrons. The highest BCUT2D eigenvalue weighted by Gasteiger charge is 2.11. The molecule has 1 aromatic heterocycles. The second-order valence-electron chi connectivity index (χ2n) is 5.21. The van der Waals surface area contributed by atoms with Gasteiger partial charge in [0.05, 0.1) is 5.69 Å². The summed E-state index contributed by atoms with van der Waals surface area (Å²) in [4.78, 5) is 24.8. The second kappa shape index (κ2) is 8.68. The summed E-state index contributed by atoms with van der Waals surface area (Å²) < 4.78 is 0. The van der Waals surface area contributed by atoms with E-state index >= 15 is 0 Å². The molecule has 3 aromatic rings. The lowest BCUT2D eigenvalue weighted by Crippen LogP contribution is -2.40. The van der Waals surface area contributed by atoms with E-state index in [9.17, 15) is 9.59 Å². The number of aromatic nitrogens is 2. The van der Waals surface area contributed by atoms with Crippen molar-refractivity contribution in [3.63, 3.8) is 0 Å². The Kier molecular flexibility index (Phi) is 5.84. The number of carbonyl (C=O) groups excluding carboxylic acids is 2. The number of H-pyrrole nitrogens is 1. The van der Waals surface area contributed by atoms with E-state index in [-0.39, 0.29) is 5.69 Å². The summed E-state index contributed by atoms with van der Waals surface area (Å²) in [7, 11) is 0. The van der Waals surface area contributed by atoms with Gasteiger partial charge in [0.1, 0.15) is 5.69 Å². The first kappa shape index (κ1) is 17.5. The highest BCUT2D eigenvalue weighted by Crippen LogP contribution is 2.18. The first-order valence-corrected chi connectivity index (χ1v) is 8.70. The maximum atomic E-state index is 12.1. The van der Waals surface area contributed by atoms with E-state index in [2.05, 4.69) is 21.0 Å². The van der Waals surface area contributed by atoms with Crippen LogP contribution in [0.5, 0.6) is 0 Å². The molecule has 0 bridgehead atoms. The lowest BCUT2D eigenvalue weighted by atomic mass is 10.1. The van der Waals surface area contributed by atoms with Crippen LogP contribution in [0.4, 0.5) is 0 Å². The van der Waals surface area contributed by atoms with Crippen molar-refractivity contribution in [2.45, 2.75) is 4.90 Å². The molecule has 1 heterocycles. The summed E-state index contributed by atoms with van der Waals surface area (Å²) in [5, 5.41) is 8.41. The zero-order valence-electron chi connectivity index (χ0n) is 13.7. The van der Waals surface area contributed by atoms with Crippen molar-refractivity contribution >= 4 is 23.6 Å². The number of hydrogen-bond acceptors (Lipinski definition) is 4. The first-order chi connectivity index (χ1) is 12.7. The summed E-state index contributed by atoms with van der Waals surface area (Å²) >= 11 is 1.41. The largest absolute Gasteiger partial charge is 0.287 e. The number of nitrogens with zero attached hydrogens (tertiary/aromatic N) is 1. The summed E-state index contributed by atoms with van der Waals surface area (Å²) in [6.45, 7) is 0. The molecule has 0 radical (unpaired) electrons. The van der Waals surface area contributed by atoms with Gasteiger partial charge >= 0.3 is 0 Å². The molecule has 3 rings (SSSR count). The van der Waals surface area contributed by atoms with Gasteiger partial charge in [-0.15, -0.1) is 0 Å². The molecule has 0 fully saturated rings. The Balaban J connectivity index is 1.49. The molecule has 6 nitrogen and oxygen atoms in total. The van der Waals surface area contributed by atoms with Crippen molar-refractivity contribution in [1.29, 1.82) is 0 Å². The number of amides is 2. The lowest BCUT2D eigenvalue weighted by Gasteiger charge is -2.02. The van der Waals surface area contributed by atoms with Crippen LogP contribution in [0.25, 0.3) is 11.3 Å². The Hall–Kier alpha value is -3.32. The van der Waals surface area contributed by atoms with Crippen LogP contribution in [0.1, 0.15) is 10.5 Å². The molecule has 0 saturated heterocycles. The number of benzene rings is 2. The fourth-order valence-electron chi connectivity index (χ4n) is 2.10. The van der Waals surface area contributed by atoms with Gasteiger partial charge in [0.2, 0.25) is 0 Å². The van der Waals surface area contributed by atoms with E-state index < -0.39 is 11.8 Å². The number of hydrogen-bond donors (Lipinski definition) is 3. The molecule has 26 heavy (non-hydrogen) atoms. The molecular formula is C19H16N4O2S. The molecule has 0 unspecified atom stereocenters. The fourth-order valence-corrected chi connectivity index (χ4v) is 2.76. The molecule has 3 N–H and O–H groups in total. The topological polar surface area (TPSA) is 86.9 Å². The molecule has 7 heteroatoms. The third-order valence-electron chi connectivity index (χ3n) is 3.36. The number of carbonyl (C=O) groups is 2. The van der Waals surface area contributed by atoms with Gasteiger partial charge in [0.15, 0.2) is 0 Å². The SMILES string of the molecule is O=C(/C=C/Sc1ccccc1)NNC(=O)c1cc(-c2ccccc2)n[nH]1. The van der Waals surface area contributed by atoms with E-state index in [1.165, 1.54) is 17.8 Å². The van der Waals surface area contributed by atoms with Gasteiger partial charge in [0, 0.05) is 16.5 Å². The van der Waals surface area contributed by atoms with Gasteiger partial charge in [-0.1, -0.05) is 60.3 Å². The van der Waals surface area contributed by atoms with Crippen molar-refractivity contribution in [3.8, 4) is 11.3 Å². The molecule has 0 aliphatic carbocycles. The molecule has 2 amide bonds. The minimum atomic E-state index is -0.475. The minimum Gasteiger partial charge on any atom is -0.272 e. The van der Waals surface area contributed by atoms with Crippen LogP contribution in [-0.4, -0.2) is 22.0 Å². The van der Waals surface area contributed by atoms with E-state index in [1.807, 2.05) is 60.7 Å². The number of nitrogens with one attached hydrogen (secondary N) is 3. The van der Waals surface area contributed by atoms with Crippen molar-refractivity contribution in [2.24, 2.45) is 0 Å². The second-order valence-corrected chi connectivity index (χ2v) is 6.19. The number of hydrazine groups is 1. The smallest absolute Gasteiger partial charge is 0.272 e. The van der Waals surface area contributed by atoms with Gasteiger partial charge in [0.25, 0.3) is 11.8 Å². The highest BCUT2D eigenvalue weighted by atomic mass is 32.2. The van der Waals surface area contributed by atoms with E-state index in [1.54, 1.807) is 11.5 Å². The summed E-state index contributed by atoms with van der Waals surface area (Å²) in [5.41, 5.74) is 6.48. The molecule has 0 spiro atoms. The zero-order valence-corrected chi connectivity index (χ0v) is 14.5. The van der Waals surface area contributed by atoms with Crippen molar-refractivity contribution in [2.75, 3.05) is 0 Å². The number of aromatic amines is 1. The van der Waals surface area contributed by atoms with Crippen LogP contribution >= 0.6 is 11.8 Å². The molecular weight excluding hydrogens is 348 g/mol. The number of rotatable bonds is 5. The average Bonchev–Trinajstić information content (AvgIpc) is 3.18. The van der Waals surface area contributed by atoms with Crippen LogP contribution in [0.2, 0.25) is 0 Å². The van der Waals surface area contributed by atoms with E-state index in [0.717, 1.165) is 10.5 Å². The lowest BCUT2D eigenvalue weighted by molar-refractivity contribution is -0.117. The van der Waals surface area contributed by atoms with E-state index in [0.29, 0.717) is 5.69 Å². The third-order valence-corrected chi connectivity index (χ3v) is 4.17. The Bertz CT molecular complexity index is 908. The van der Waals surface area contributed by atoms with Crippen LogP contribution in [0, 0.1) is 0 Å². The van der Waals surface area contributed by atoms with Crippen LogP contribution in [-0.2, 0) is 4.79 Å². The van der Waals surface area contributed by atoms with Crippen LogP contribution in [0.15, 0.2) is 83.1 Å². The van der Waals surface area contributed by atoms with Gasteiger partial charge in [-0.2, -0.15) is 5.10 Å². The molecule has 0 aliphatic heterocycles. The minimum absolute atomic E-state index is 0.256. The average molecular weight is 364 g/mol. The molecule has 0 aliphatic rings. The summed E-state index contributed by atoms with van der Waals surface area (Å²) in [6, 6.07) is 20.8. The normalized spacial score (nSPS) is 10.6. The zero-order chi connectivity index (χ0) is 18.2. The van der Waals surface area contributed by atoms with Gasteiger partial charge < -0.3 is 0 Å². The fraction of sp³-hybridized carbons (Fsp3) is 0. The first-order valence-electron chi connectivity index (χ1n) is 7.82. The van der Waals surface area contributed by atoms with E-state index in [4.69, 9.17) is 0 Å². The summed E-state index contributed by atoms with van der Waals surface area (Å²) in [6.07, 6.45) is 1.35. The molecule has 0 saturated carbocycles. The molecule has 2 aromatic carbocycles. The highest BCUT2D eigenvalue weighted by molar-refractivity contribution is 8.02. The monoisotopic (exact) mass is 364 g/mol. The maximum Gasteiger partial charge on any atom is 0.287 e.